The molecule has 0 unspecified atom stereocenters. The molecule has 1 N–H and O–H groups in total. The Balaban J connectivity index is 1.82. The molecule has 0 bridgehead atoms. The summed E-state index contributed by atoms with van der Waals surface area (Å²) in [4.78, 5) is 4.06. The highest BCUT2D eigenvalue weighted by Crippen LogP contribution is 2.23. The summed E-state index contributed by atoms with van der Waals surface area (Å²) in [6.07, 6.45) is -2.54. The summed E-state index contributed by atoms with van der Waals surface area (Å²) in [5.41, 5.74) is 0. The fraction of sp³-hybridized carbons (Fsp3) is 0.800. The first-order valence-corrected chi connectivity index (χ1v) is 5.72. The van der Waals surface area contributed by atoms with Gasteiger partial charge in [0.15, 0.2) is 5.82 Å². The lowest BCUT2D eigenvalue weighted by Gasteiger charge is -2.18. The van der Waals surface area contributed by atoms with Crippen LogP contribution in [0.4, 0.5) is 13.2 Å². The Bertz CT molecular complexity index is 375. The first-order valence-electron chi connectivity index (χ1n) is 5.72. The monoisotopic (exact) mass is 265 g/mol. The summed E-state index contributed by atoms with van der Waals surface area (Å²) in [5, 5.41) is 6.81. The minimum absolute atomic E-state index is 0.160. The van der Waals surface area contributed by atoms with Crippen molar-refractivity contribution in [3.05, 3.63) is 11.7 Å². The van der Waals surface area contributed by atoms with Gasteiger partial charge in [0.05, 0.1) is 0 Å². The third-order valence-corrected chi connectivity index (χ3v) is 2.67. The molecule has 18 heavy (non-hydrogen) atoms. The normalized spacial score (nSPS) is 18.2. The Morgan fingerprint density at radius 2 is 2.06 bits per heavy atom. The predicted octanol–water partition coefficient (Wildman–Crippen LogP) is 1.62. The Kier molecular flexibility index (Phi) is 4.18. The van der Waals surface area contributed by atoms with E-state index in [2.05, 4.69) is 20.2 Å². The lowest BCUT2D eigenvalue weighted by Crippen LogP contribution is -2.26. The van der Waals surface area contributed by atoms with E-state index >= 15 is 0 Å². The van der Waals surface area contributed by atoms with E-state index in [4.69, 9.17) is 4.52 Å². The smallest absolute Gasteiger partial charge is 0.364 e. The lowest BCUT2D eigenvalue weighted by molar-refractivity contribution is -0.177. The van der Waals surface area contributed by atoms with Crippen molar-refractivity contribution in [2.24, 2.45) is 0 Å². The van der Waals surface area contributed by atoms with E-state index in [-0.39, 0.29) is 18.3 Å². The Labute approximate surface area is 102 Å². The Hall–Kier alpha value is -1.15. The van der Waals surface area contributed by atoms with Gasteiger partial charge in [0, 0.05) is 5.92 Å². The van der Waals surface area contributed by atoms with Crippen molar-refractivity contribution in [3.8, 4) is 0 Å². The molecule has 1 aliphatic rings. The van der Waals surface area contributed by atoms with E-state index in [0.29, 0.717) is 5.89 Å². The predicted molar refractivity (Wildman–Crippen MR) is 54.9 cm³/mol. The number of nitrogens with zero attached hydrogens (tertiary/aromatic N) is 2. The quantitative estimate of drug-likeness (QED) is 0.896. The van der Waals surface area contributed by atoms with Crippen LogP contribution < -0.4 is 5.32 Å². The molecule has 2 rings (SSSR count). The largest absolute Gasteiger partial charge is 0.411 e. The zero-order valence-electron chi connectivity index (χ0n) is 9.66. The van der Waals surface area contributed by atoms with Gasteiger partial charge in [0.2, 0.25) is 5.89 Å². The van der Waals surface area contributed by atoms with Crippen molar-refractivity contribution in [2.75, 3.05) is 19.7 Å². The molecular formula is C10H14F3N3O2. The van der Waals surface area contributed by atoms with E-state index in [9.17, 15) is 13.2 Å². The summed E-state index contributed by atoms with van der Waals surface area (Å²) in [6, 6.07) is 0. The number of nitrogens with one attached hydrogen (secondary N) is 1. The molecule has 2 heterocycles. The van der Waals surface area contributed by atoms with Crippen LogP contribution in [-0.2, 0) is 11.3 Å². The minimum atomic E-state index is -4.33. The van der Waals surface area contributed by atoms with Gasteiger partial charge < -0.3 is 14.6 Å². The van der Waals surface area contributed by atoms with Crippen molar-refractivity contribution in [1.29, 1.82) is 0 Å². The van der Waals surface area contributed by atoms with Crippen LogP contribution in [0.5, 0.6) is 0 Å². The number of hydrogen-bond donors (Lipinski definition) is 1. The molecule has 1 aromatic heterocycles. The molecule has 1 saturated heterocycles. The fourth-order valence-electron chi connectivity index (χ4n) is 1.82. The van der Waals surface area contributed by atoms with E-state index < -0.39 is 12.8 Å². The third kappa shape index (κ3) is 3.95. The molecule has 0 aliphatic carbocycles. The highest BCUT2D eigenvalue weighted by atomic mass is 19.4. The van der Waals surface area contributed by atoms with Gasteiger partial charge in [0.25, 0.3) is 0 Å². The molecule has 1 aliphatic heterocycles. The Morgan fingerprint density at radius 1 is 1.33 bits per heavy atom. The summed E-state index contributed by atoms with van der Waals surface area (Å²) >= 11 is 0. The molecule has 0 aromatic carbocycles. The number of ether oxygens (including phenoxy) is 1. The number of aromatic nitrogens is 2. The number of rotatable bonds is 4. The zero-order chi connectivity index (χ0) is 13.0. The molecule has 0 spiro atoms. The fourth-order valence-corrected chi connectivity index (χ4v) is 1.82. The second-order valence-electron chi connectivity index (χ2n) is 4.18. The lowest BCUT2D eigenvalue weighted by atomic mass is 9.98. The van der Waals surface area contributed by atoms with Crippen LogP contribution in [0.25, 0.3) is 0 Å². The summed E-state index contributed by atoms with van der Waals surface area (Å²) < 4.78 is 45.1. The average molecular weight is 265 g/mol. The maximum atomic E-state index is 11.9. The van der Waals surface area contributed by atoms with Crippen LogP contribution in [0, 0.1) is 0 Å². The van der Waals surface area contributed by atoms with Gasteiger partial charge in [-0.15, -0.1) is 0 Å². The summed E-state index contributed by atoms with van der Waals surface area (Å²) in [6.45, 7) is 0.179. The number of piperidine rings is 1. The van der Waals surface area contributed by atoms with Gasteiger partial charge in [-0.2, -0.15) is 18.2 Å². The topological polar surface area (TPSA) is 60.2 Å². The molecule has 8 heteroatoms. The van der Waals surface area contributed by atoms with E-state index in [0.717, 1.165) is 25.9 Å². The maximum Gasteiger partial charge on any atom is 0.411 e. The van der Waals surface area contributed by atoms with Gasteiger partial charge in [-0.3, -0.25) is 0 Å². The summed E-state index contributed by atoms with van der Waals surface area (Å²) in [5.74, 6) is 0.838. The Morgan fingerprint density at radius 3 is 2.72 bits per heavy atom. The highest BCUT2D eigenvalue weighted by molar-refractivity contribution is 4.95. The molecule has 0 atom stereocenters. The number of halogens is 3. The van der Waals surface area contributed by atoms with E-state index in [1.54, 1.807) is 0 Å². The molecule has 5 nitrogen and oxygen atoms in total. The minimum Gasteiger partial charge on any atom is -0.364 e. The van der Waals surface area contributed by atoms with Crippen molar-refractivity contribution in [2.45, 2.75) is 31.5 Å². The first kappa shape index (κ1) is 13.3. The van der Waals surface area contributed by atoms with Gasteiger partial charge >= 0.3 is 6.18 Å². The van der Waals surface area contributed by atoms with Crippen LogP contribution in [0.3, 0.4) is 0 Å². The van der Waals surface area contributed by atoms with E-state index in [1.807, 2.05) is 0 Å². The zero-order valence-corrected chi connectivity index (χ0v) is 9.66. The van der Waals surface area contributed by atoms with Crippen LogP contribution in [0.1, 0.15) is 30.5 Å². The summed E-state index contributed by atoms with van der Waals surface area (Å²) in [7, 11) is 0. The first-order chi connectivity index (χ1) is 8.54. The number of hydrogen-bond acceptors (Lipinski definition) is 5. The molecule has 102 valence electrons. The molecule has 1 aromatic rings. The molecule has 0 radical (unpaired) electrons. The highest BCUT2D eigenvalue weighted by Gasteiger charge is 2.28. The SMILES string of the molecule is FC(F)(F)COCc1noc(C2CCNCC2)n1. The van der Waals surface area contributed by atoms with Crippen LogP contribution in [-0.4, -0.2) is 36.0 Å². The molecular weight excluding hydrogens is 251 g/mol. The van der Waals surface area contributed by atoms with Crippen LogP contribution in [0.2, 0.25) is 0 Å². The molecule has 1 fully saturated rings. The second kappa shape index (κ2) is 5.66. The van der Waals surface area contributed by atoms with Gasteiger partial charge in [-0.25, -0.2) is 0 Å². The van der Waals surface area contributed by atoms with Gasteiger partial charge in [-0.05, 0) is 25.9 Å². The van der Waals surface area contributed by atoms with Crippen molar-refractivity contribution >= 4 is 0 Å². The third-order valence-electron chi connectivity index (χ3n) is 2.67. The number of alkyl halides is 3. The van der Waals surface area contributed by atoms with Crippen LogP contribution >= 0.6 is 0 Å². The maximum absolute atomic E-state index is 11.9. The standard InChI is InChI=1S/C10H14F3N3O2/c11-10(12,13)6-17-5-8-15-9(18-16-8)7-1-3-14-4-2-7/h7,14H,1-6H2. The van der Waals surface area contributed by atoms with Crippen molar-refractivity contribution in [3.63, 3.8) is 0 Å². The average Bonchev–Trinajstić information content (AvgIpc) is 2.77. The van der Waals surface area contributed by atoms with Crippen molar-refractivity contribution in [1.82, 2.24) is 15.5 Å². The van der Waals surface area contributed by atoms with Crippen molar-refractivity contribution < 1.29 is 22.4 Å². The van der Waals surface area contributed by atoms with Crippen LogP contribution in [0.15, 0.2) is 4.52 Å². The molecule has 0 amide bonds. The van der Waals surface area contributed by atoms with Gasteiger partial charge in [-0.1, -0.05) is 5.16 Å². The molecule has 0 saturated carbocycles. The van der Waals surface area contributed by atoms with Gasteiger partial charge in [0.1, 0.15) is 13.2 Å². The van der Waals surface area contributed by atoms with E-state index in [1.165, 1.54) is 0 Å². The second-order valence-corrected chi connectivity index (χ2v) is 4.18.